The predicted molar refractivity (Wildman–Crippen MR) is 103 cm³/mol. The zero-order valence-corrected chi connectivity index (χ0v) is 15.7. The van der Waals surface area contributed by atoms with Crippen LogP contribution in [0.5, 0.6) is 0 Å². The van der Waals surface area contributed by atoms with Gasteiger partial charge in [-0.05, 0) is 47.4 Å². The number of rotatable bonds is 2. The van der Waals surface area contributed by atoms with Gasteiger partial charge in [0.2, 0.25) is 0 Å². The molecule has 0 saturated carbocycles. The van der Waals surface area contributed by atoms with Crippen molar-refractivity contribution in [3.63, 3.8) is 0 Å². The Morgan fingerprint density at radius 1 is 1.10 bits per heavy atom. The SMILES string of the molecule is O=C(Nc1cccnc1)N1CCc2ccccc2[C@@H]1c1ccc(C(F)(F)F)c(F)c1. The quantitative estimate of drug-likeness (QED) is 0.568. The normalized spacial score (nSPS) is 16.1. The zero-order valence-electron chi connectivity index (χ0n) is 15.7. The summed E-state index contributed by atoms with van der Waals surface area (Å²) in [5.74, 6) is -1.37. The van der Waals surface area contributed by atoms with Crippen molar-refractivity contribution < 1.29 is 22.4 Å². The smallest absolute Gasteiger partial charge is 0.313 e. The van der Waals surface area contributed by atoms with Gasteiger partial charge in [-0.3, -0.25) is 4.98 Å². The first-order valence-corrected chi connectivity index (χ1v) is 9.26. The van der Waals surface area contributed by atoms with Crippen molar-refractivity contribution in [3.05, 3.63) is 95.1 Å². The fourth-order valence-corrected chi connectivity index (χ4v) is 3.71. The van der Waals surface area contributed by atoms with Crippen LogP contribution in [0.2, 0.25) is 0 Å². The molecule has 0 spiro atoms. The number of urea groups is 1. The summed E-state index contributed by atoms with van der Waals surface area (Å²) in [7, 11) is 0. The molecule has 2 heterocycles. The zero-order chi connectivity index (χ0) is 21.3. The second-order valence-electron chi connectivity index (χ2n) is 6.95. The first-order valence-electron chi connectivity index (χ1n) is 9.26. The first kappa shape index (κ1) is 19.9. The van der Waals surface area contributed by atoms with Gasteiger partial charge in [-0.25, -0.2) is 9.18 Å². The van der Waals surface area contributed by atoms with E-state index >= 15 is 0 Å². The summed E-state index contributed by atoms with van der Waals surface area (Å²) >= 11 is 0. The van der Waals surface area contributed by atoms with E-state index in [9.17, 15) is 22.4 Å². The van der Waals surface area contributed by atoms with Gasteiger partial charge < -0.3 is 10.2 Å². The summed E-state index contributed by atoms with van der Waals surface area (Å²) in [4.78, 5) is 18.4. The lowest BCUT2D eigenvalue weighted by atomic mass is 9.88. The van der Waals surface area contributed by atoms with Crippen LogP contribution in [0.25, 0.3) is 0 Å². The minimum atomic E-state index is -4.79. The molecule has 1 aliphatic rings. The number of hydrogen-bond donors (Lipinski definition) is 1. The molecule has 1 aromatic heterocycles. The molecule has 0 saturated heterocycles. The molecule has 8 heteroatoms. The molecule has 4 nitrogen and oxygen atoms in total. The van der Waals surface area contributed by atoms with E-state index < -0.39 is 29.6 Å². The molecule has 0 bridgehead atoms. The average molecular weight is 415 g/mol. The number of aromatic nitrogens is 1. The van der Waals surface area contributed by atoms with E-state index in [1.807, 2.05) is 12.1 Å². The molecule has 30 heavy (non-hydrogen) atoms. The third kappa shape index (κ3) is 3.85. The maximum absolute atomic E-state index is 14.3. The fourth-order valence-electron chi connectivity index (χ4n) is 3.71. The number of nitrogens with zero attached hydrogens (tertiary/aromatic N) is 2. The van der Waals surface area contributed by atoms with Gasteiger partial charge in [-0.1, -0.05) is 30.3 Å². The van der Waals surface area contributed by atoms with Crippen LogP contribution in [0.1, 0.15) is 28.3 Å². The number of anilines is 1. The Morgan fingerprint density at radius 2 is 1.90 bits per heavy atom. The summed E-state index contributed by atoms with van der Waals surface area (Å²) in [6.45, 7) is 0.330. The molecular formula is C22H17F4N3O. The van der Waals surface area contributed by atoms with Gasteiger partial charge in [0, 0.05) is 12.7 Å². The first-order chi connectivity index (χ1) is 14.3. The summed E-state index contributed by atoms with van der Waals surface area (Å²) in [6, 6.07) is 12.3. The number of benzene rings is 2. The lowest BCUT2D eigenvalue weighted by Gasteiger charge is -2.37. The number of hydrogen-bond acceptors (Lipinski definition) is 2. The number of amides is 2. The second-order valence-corrected chi connectivity index (χ2v) is 6.95. The third-order valence-electron chi connectivity index (χ3n) is 5.07. The van der Waals surface area contributed by atoms with E-state index in [0.29, 0.717) is 18.7 Å². The highest BCUT2D eigenvalue weighted by atomic mass is 19.4. The molecule has 154 valence electrons. The van der Waals surface area contributed by atoms with Gasteiger partial charge in [0.1, 0.15) is 5.82 Å². The van der Waals surface area contributed by atoms with Crippen LogP contribution in [-0.4, -0.2) is 22.5 Å². The summed E-state index contributed by atoms with van der Waals surface area (Å²) in [6.07, 6.45) is -1.15. The molecule has 3 aromatic rings. The molecule has 2 aromatic carbocycles. The van der Waals surface area contributed by atoms with Gasteiger partial charge in [0.05, 0.1) is 23.5 Å². The Morgan fingerprint density at radius 3 is 2.60 bits per heavy atom. The van der Waals surface area contributed by atoms with Crippen LogP contribution in [0.4, 0.5) is 28.0 Å². The average Bonchev–Trinajstić information content (AvgIpc) is 2.72. The number of fused-ring (bicyclic) bond motifs is 1. The molecular weight excluding hydrogens is 398 g/mol. The standard InChI is InChI=1S/C22H17F4N3O/c23-19-12-15(7-8-18(19)22(24,25)26)20-17-6-2-1-4-14(17)9-11-29(20)21(30)28-16-5-3-10-27-13-16/h1-8,10,12-13,20H,9,11H2,(H,28,30)/t20-/m0/s1. The van der Waals surface area contributed by atoms with Gasteiger partial charge in [-0.2, -0.15) is 13.2 Å². The highest BCUT2D eigenvalue weighted by molar-refractivity contribution is 5.90. The topological polar surface area (TPSA) is 45.2 Å². The van der Waals surface area contributed by atoms with Crippen molar-refractivity contribution in [2.75, 3.05) is 11.9 Å². The number of pyridine rings is 1. The molecule has 1 N–H and O–H groups in total. The van der Waals surface area contributed by atoms with Gasteiger partial charge in [-0.15, -0.1) is 0 Å². The number of carbonyl (C=O) groups excluding carboxylic acids is 1. The van der Waals surface area contributed by atoms with E-state index in [0.717, 1.165) is 23.3 Å². The van der Waals surface area contributed by atoms with Crippen molar-refractivity contribution >= 4 is 11.7 Å². The Kier molecular flexibility index (Phi) is 5.15. The third-order valence-corrected chi connectivity index (χ3v) is 5.07. The molecule has 0 unspecified atom stereocenters. The summed E-state index contributed by atoms with van der Waals surface area (Å²) in [5.41, 5.74) is 1.15. The molecule has 1 aliphatic heterocycles. The van der Waals surface area contributed by atoms with Crippen molar-refractivity contribution in [2.45, 2.75) is 18.6 Å². The Hall–Kier alpha value is -3.42. The maximum Gasteiger partial charge on any atom is 0.419 e. The van der Waals surface area contributed by atoms with Crippen molar-refractivity contribution in [3.8, 4) is 0 Å². The van der Waals surface area contributed by atoms with E-state index in [4.69, 9.17) is 0 Å². The van der Waals surface area contributed by atoms with Crippen molar-refractivity contribution in [1.29, 1.82) is 0 Å². The lowest BCUT2D eigenvalue weighted by molar-refractivity contribution is -0.140. The van der Waals surface area contributed by atoms with Crippen LogP contribution in [0, 0.1) is 5.82 Å². The second kappa shape index (κ2) is 7.78. The summed E-state index contributed by atoms with van der Waals surface area (Å²) < 4.78 is 53.3. The van der Waals surface area contributed by atoms with Crippen molar-refractivity contribution in [2.24, 2.45) is 0 Å². The van der Waals surface area contributed by atoms with Crippen LogP contribution in [0.3, 0.4) is 0 Å². The monoisotopic (exact) mass is 415 g/mol. The van der Waals surface area contributed by atoms with Gasteiger partial charge in [0.25, 0.3) is 0 Å². The van der Waals surface area contributed by atoms with Crippen molar-refractivity contribution in [1.82, 2.24) is 9.88 Å². The van der Waals surface area contributed by atoms with E-state index in [1.165, 1.54) is 17.2 Å². The van der Waals surface area contributed by atoms with E-state index in [-0.39, 0.29) is 5.56 Å². The van der Waals surface area contributed by atoms with Crippen LogP contribution < -0.4 is 5.32 Å². The Balaban J connectivity index is 1.74. The van der Waals surface area contributed by atoms with Crippen LogP contribution >= 0.6 is 0 Å². The fraction of sp³-hybridized carbons (Fsp3) is 0.182. The molecule has 1 atom stereocenters. The van der Waals surface area contributed by atoms with E-state index in [1.54, 1.807) is 30.5 Å². The molecule has 0 radical (unpaired) electrons. The van der Waals surface area contributed by atoms with E-state index in [2.05, 4.69) is 10.3 Å². The minimum absolute atomic E-state index is 0.272. The van der Waals surface area contributed by atoms with Crippen LogP contribution in [0.15, 0.2) is 67.0 Å². The Labute approximate surface area is 170 Å². The van der Waals surface area contributed by atoms with Gasteiger partial charge >= 0.3 is 12.2 Å². The van der Waals surface area contributed by atoms with Crippen LogP contribution in [-0.2, 0) is 12.6 Å². The highest BCUT2D eigenvalue weighted by Crippen LogP contribution is 2.38. The molecule has 0 aliphatic carbocycles. The van der Waals surface area contributed by atoms with Gasteiger partial charge in [0.15, 0.2) is 0 Å². The Bertz CT molecular complexity index is 1070. The molecule has 0 fully saturated rings. The highest BCUT2D eigenvalue weighted by Gasteiger charge is 2.36. The maximum atomic E-state index is 14.3. The number of carbonyl (C=O) groups is 1. The summed E-state index contributed by atoms with van der Waals surface area (Å²) in [5, 5.41) is 2.74. The molecule has 4 rings (SSSR count). The minimum Gasteiger partial charge on any atom is -0.313 e. The number of halogens is 4. The largest absolute Gasteiger partial charge is 0.419 e. The lowest BCUT2D eigenvalue weighted by Crippen LogP contribution is -2.43. The number of nitrogens with one attached hydrogen (secondary N) is 1. The molecule has 2 amide bonds. The predicted octanol–water partition coefficient (Wildman–Crippen LogP) is 5.42. The number of alkyl halides is 3.